The highest BCUT2D eigenvalue weighted by atomic mass is 35.5. The van der Waals surface area contributed by atoms with Gasteiger partial charge in [0.25, 0.3) is 5.91 Å². The van der Waals surface area contributed by atoms with E-state index in [-0.39, 0.29) is 31.2 Å². The molecule has 0 radical (unpaired) electrons. The number of fused-ring (bicyclic) bond motifs is 1. The van der Waals surface area contributed by atoms with Gasteiger partial charge in [0, 0.05) is 22.2 Å². The first-order chi connectivity index (χ1) is 28.3. The van der Waals surface area contributed by atoms with Crippen molar-refractivity contribution in [1.82, 2.24) is 24.9 Å². The van der Waals surface area contributed by atoms with E-state index in [0.29, 0.717) is 57.7 Å². The molecule has 3 amide bonds. The minimum Gasteiger partial charge on any atom is -0.496 e. The Hall–Kier alpha value is -4.18. The Morgan fingerprint density at radius 2 is 1.80 bits per heavy atom. The summed E-state index contributed by atoms with van der Waals surface area (Å²) in [5.41, 5.74) is 0.793. The zero-order valence-electron chi connectivity index (χ0n) is 35.0. The number of rotatable bonds is 14. The number of carbonyl (C=O) groups is 3. The molecule has 7 rings (SSSR count). The average Bonchev–Trinajstić information content (AvgIpc) is 4.06. The number of hydrogen-bond donors (Lipinski definition) is 3. The topological polar surface area (TPSA) is 169 Å². The van der Waals surface area contributed by atoms with Crippen LogP contribution >= 0.6 is 34.5 Å². The number of ether oxygens (including phenoxy) is 2. The second kappa shape index (κ2) is 16.6. The molecule has 2 aromatic carbocycles. The largest absolute Gasteiger partial charge is 0.496 e. The number of anilines is 1. The number of sulfonamides is 1. The summed E-state index contributed by atoms with van der Waals surface area (Å²) < 4.78 is 40.4. The summed E-state index contributed by atoms with van der Waals surface area (Å²) in [7, 11) is -2.27. The minimum absolute atomic E-state index is 0.00325. The normalized spacial score (nSPS) is 22.1. The SMILES string of the molecule is CC[C@@H]1C[C@]1(NC(=O)[C@@H]1C[C@@H](Oc2nc(-c3nc(C(C)C)cs3)cc3c(C)c(OC)ccc23)CN1C(=O)[C@@H](Nc1ccc(Cl)cc1Cl)C(C)(C)C)C(=O)NS(=O)(=O)C1CC1. The number of benzene rings is 2. The minimum atomic E-state index is -3.88. The molecule has 60 heavy (non-hydrogen) atoms. The van der Waals surface area contributed by atoms with Crippen LogP contribution in [0, 0.1) is 18.3 Å². The lowest BCUT2D eigenvalue weighted by atomic mass is 9.85. The molecule has 17 heteroatoms. The number of thiazole rings is 1. The molecule has 3 N–H and O–H groups in total. The van der Waals surface area contributed by atoms with Crippen molar-refractivity contribution >= 4 is 78.7 Å². The molecule has 0 bridgehead atoms. The summed E-state index contributed by atoms with van der Waals surface area (Å²) in [6.45, 7) is 13.7. The Balaban J connectivity index is 1.25. The van der Waals surface area contributed by atoms with E-state index in [1.165, 1.54) is 16.2 Å². The van der Waals surface area contributed by atoms with Crippen molar-refractivity contribution in [2.75, 3.05) is 19.0 Å². The molecule has 1 aliphatic heterocycles. The molecule has 0 unspecified atom stereocenters. The third-order valence-corrected chi connectivity index (χ3v) is 15.0. The molecule has 5 atom stereocenters. The van der Waals surface area contributed by atoms with Gasteiger partial charge in [-0.1, -0.05) is 71.2 Å². The van der Waals surface area contributed by atoms with Gasteiger partial charge < -0.3 is 25.0 Å². The Bertz CT molecular complexity index is 2450. The highest BCUT2D eigenvalue weighted by Crippen LogP contribution is 2.47. The van der Waals surface area contributed by atoms with Gasteiger partial charge in [0.05, 0.1) is 35.3 Å². The van der Waals surface area contributed by atoms with Gasteiger partial charge >= 0.3 is 0 Å². The fourth-order valence-electron chi connectivity index (χ4n) is 7.91. The lowest BCUT2D eigenvalue weighted by Crippen LogP contribution is -2.58. The Labute approximate surface area is 365 Å². The third kappa shape index (κ3) is 8.77. The summed E-state index contributed by atoms with van der Waals surface area (Å²) in [6, 6.07) is 8.66. The average molecular weight is 900 g/mol. The molecule has 3 heterocycles. The van der Waals surface area contributed by atoms with Crippen molar-refractivity contribution in [3.8, 4) is 22.3 Å². The monoisotopic (exact) mass is 898 g/mol. The van der Waals surface area contributed by atoms with Gasteiger partial charge in [-0.2, -0.15) is 0 Å². The Kier molecular flexibility index (Phi) is 12.1. The molecular formula is C43H52Cl2N6O7S2. The van der Waals surface area contributed by atoms with Crippen LogP contribution in [-0.2, 0) is 24.4 Å². The Morgan fingerprint density at radius 1 is 1.07 bits per heavy atom. The number of carbonyl (C=O) groups excluding carboxylic acids is 3. The van der Waals surface area contributed by atoms with Crippen LogP contribution in [-0.4, -0.2) is 83.6 Å². The van der Waals surface area contributed by atoms with Gasteiger partial charge in [-0.25, -0.2) is 18.4 Å². The van der Waals surface area contributed by atoms with E-state index in [1.54, 1.807) is 25.3 Å². The molecule has 2 aliphatic carbocycles. The van der Waals surface area contributed by atoms with Crippen LogP contribution in [0.3, 0.4) is 0 Å². The first-order valence-corrected chi connectivity index (χ1v) is 23.4. The van der Waals surface area contributed by atoms with Gasteiger partial charge in [-0.3, -0.25) is 19.1 Å². The van der Waals surface area contributed by atoms with Crippen LogP contribution in [0.15, 0.2) is 41.8 Å². The number of methoxy groups -OCH3 is 1. The molecule has 3 aliphatic rings. The second-order valence-electron chi connectivity index (χ2n) is 17.5. The van der Waals surface area contributed by atoms with Crippen LogP contribution in [0.2, 0.25) is 10.0 Å². The molecule has 3 fully saturated rings. The lowest BCUT2D eigenvalue weighted by Gasteiger charge is -2.36. The van der Waals surface area contributed by atoms with Crippen molar-refractivity contribution < 1.29 is 32.3 Å². The zero-order chi connectivity index (χ0) is 43.5. The summed E-state index contributed by atoms with van der Waals surface area (Å²) in [5, 5.41) is 10.7. The van der Waals surface area contributed by atoms with E-state index >= 15 is 0 Å². The van der Waals surface area contributed by atoms with E-state index < -0.39 is 62.1 Å². The quantitative estimate of drug-likeness (QED) is 0.113. The van der Waals surface area contributed by atoms with Crippen LogP contribution in [0.4, 0.5) is 5.69 Å². The number of aromatic nitrogens is 2. The van der Waals surface area contributed by atoms with Gasteiger partial charge in [-0.15, -0.1) is 11.3 Å². The van der Waals surface area contributed by atoms with Crippen molar-refractivity contribution in [3.05, 3.63) is 63.1 Å². The molecule has 4 aromatic rings. The molecule has 2 aromatic heterocycles. The van der Waals surface area contributed by atoms with E-state index in [4.69, 9.17) is 42.6 Å². The van der Waals surface area contributed by atoms with Crippen molar-refractivity contribution in [1.29, 1.82) is 0 Å². The summed E-state index contributed by atoms with van der Waals surface area (Å²) in [4.78, 5) is 54.7. The molecule has 13 nitrogen and oxygen atoms in total. The predicted octanol–water partition coefficient (Wildman–Crippen LogP) is 7.87. The molecule has 2 saturated carbocycles. The van der Waals surface area contributed by atoms with Crippen molar-refractivity contribution in [2.45, 2.75) is 115 Å². The van der Waals surface area contributed by atoms with E-state index in [2.05, 4.69) is 29.2 Å². The highest BCUT2D eigenvalue weighted by molar-refractivity contribution is 7.91. The van der Waals surface area contributed by atoms with Crippen LogP contribution in [0.5, 0.6) is 11.6 Å². The van der Waals surface area contributed by atoms with Crippen molar-refractivity contribution in [3.63, 3.8) is 0 Å². The van der Waals surface area contributed by atoms with E-state index in [0.717, 1.165) is 21.7 Å². The fraction of sp³-hybridized carbons (Fsp3) is 0.512. The van der Waals surface area contributed by atoms with Gasteiger partial charge in [-0.05, 0) is 90.8 Å². The highest BCUT2D eigenvalue weighted by Gasteiger charge is 2.62. The number of aryl methyl sites for hydroxylation is 1. The number of nitrogens with one attached hydrogen (secondary N) is 3. The third-order valence-electron chi connectivity index (χ3n) is 11.8. The molecule has 0 spiro atoms. The maximum atomic E-state index is 15.0. The van der Waals surface area contributed by atoms with Gasteiger partial charge in [0.2, 0.25) is 27.7 Å². The summed E-state index contributed by atoms with van der Waals surface area (Å²) in [5.74, 6) is -0.809. The number of nitrogens with zero attached hydrogens (tertiary/aromatic N) is 3. The zero-order valence-corrected chi connectivity index (χ0v) is 38.2. The fourth-order valence-corrected chi connectivity index (χ4v) is 10.7. The number of halogens is 2. The van der Waals surface area contributed by atoms with Gasteiger partial charge in [0.15, 0.2) is 0 Å². The first-order valence-electron chi connectivity index (χ1n) is 20.3. The van der Waals surface area contributed by atoms with Crippen LogP contribution in [0.1, 0.15) is 90.8 Å². The summed E-state index contributed by atoms with van der Waals surface area (Å²) >= 11 is 14.3. The predicted molar refractivity (Wildman–Crippen MR) is 235 cm³/mol. The lowest BCUT2D eigenvalue weighted by molar-refractivity contribution is -0.141. The molecular weight excluding hydrogens is 848 g/mol. The number of amides is 3. The number of hydrogen-bond acceptors (Lipinski definition) is 11. The van der Waals surface area contributed by atoms with Crippen LogP contribution in [0.25, 0.3) is 21.5 Å². The standard InChI is InChI=1S/C43H52Cl2N6O7S2/c1-9-24-19-43(24,41(54)50-60(55,56)27-11-12-27)49-37(52)34-17-26(20-51(34)40(53)36(42(5,6)7)46-31-14-10-25(44)16-30(31)45)58-38-28-13-15-35(57-8)23(4)29(28)18-32(47-38)39-48-33(21-59-39)22(2)3/h10,13-16,18,21-22,24,26-27,34,36,46H,9,11-12,17,19-20H2,1-8H3,(H,49,52)(H,50,54)/t24-,26-,34+,36-,43-/m1/s1. The van der Waals surface area contributed by atoms with E-state index in [9.17, 15) is 22.8 Å². The van der Waals surface area contributed by atoms with E-state index in [1.807, 2.05) is 58.2 Å². The number of likely N-dealkylation sites (tertiary alicyclic amines) is 1. The molecule has 322 valence electrons. The maximum Gasteiger partial charge on any atom is 0.259 e. The second-order valence-corrected chi connectivity index (χ2v) is 21.2. The molecule has 1 saturated heterocycles. The summed E-state index contributed by atoms with van der Waals surface area (Å²) in [6.07, 6.45) is 1.10. The first kappa shape index (κ1) is 43.9. The number of pyridine rings is 1. The Morgan fingerprint density at radius 3 is 2.40 bits per heavy atom. The van der Waals surface area contributed by atoms with Gasteiger partial charge in [0.1, 0.15) is 40.2 Å². The maximum absolute atomic E-state index is 15.0. The smallest absolute Gasteiger partial charge is 0.259 e. The van der Waals surface area contributed by atoms with Crippen molar-refractivity contribution in [2.24, 2.45) is 11.3 Å². The van der Waals surface area contributed by atoms with Crippen LogP contribution < -0.4 is 24.8 Å².